The molecule has 0 radical (unpaired) electrons. The Labute approximate surface area is 145 Å². The molecule has 6 nitrogen and oxygen atoms in total. The van der Waals surface area contributed by atoms with Gasteiger partial charge in [0.15, 0.2) is 5.52 Å². The highest BCUT2D eigenvalue weighted by molar-refractivity contribution is 5.97. The Morgan fingerprint density at radius 3 is 2.72 bits per heavy atom. The van der Waals surface area contributed by atoms with Gasteiger partial charge in [0.1, 0.15) is 0 Å². The van der Waals surface area contributed by atoms with E-state index in [0.29, 0.717) is 17.6 Å². The summed E-state index contributed by atoms with van der Waals surface area (Å²) in [5.74, 6) is 0. The predicted molar refractivity (Wildman–Crippen MR) is 96.4 cm³/mol. The van der Waals surface area contributed by atoms with E-state index in [9.17, 15) is 10.1 Å². The molecule has 0 aliphatic rings. The van der Waals surface area contributed by atoms with Crippen molar-refractivity contribution in [2.45, 2.75) is 13.5 Å². The van der Waals surface area contributed by atoms with E-state index in [1.165, 1.54) is 6.07 Å². The third-order valence-corrected chi connectivity index (χ3v) is 4.01. The summed E-state index contributed by atoms with van der Waals surface area (Å²) in [6.07, 6.45) is 0. The number of para-hydroxylation sites is 1. The number of hydrogen-bond donors (Lipinski definition) is 0. The van der Waals surface area contributed by atoms with Gasteiger partial charge in [-0.2, -0.15) is 5.26 Å². The largest absolute Gasteiger partial charge is 0.370 e. The molecule has 6 heteroatoms. The number of nitro groups is 1. The normalized spacial score (nSPS) is 10.4. The van der Waals surface area contributed by atoms with Crippen molar-refractivity contribution in [3.8, 4) is 6.07 Å². The molecule has 25 heavy (non-hydrogen) atoms. The molecule has 3 rings (SSSR count). The van der Waals surface area contributed by atoms with E-state index < -0.39 is 4.92 Å². The lowest BCUT2D eigenvalue weighted by atomic mass is 10.1. The molecule has 2 aromatic carbocycles. The molecule has 124 valence electrons. The lowest BCUT2D eigenvalue weighted by Crippen LogP contribution is -2.17. The van der Waals surface area contributed by atoms with Crippen LogP contribution >= 0.6 is 0 Å². The summed E-state index contributed by atoms with van der Waals surface area (Å²) < 4.78 is 0. The summed E-state index contributed by atoms with van der Waals surface area (Å²) >= 11 is 0. The summed E-state index contributed by atoms with van der Waals surface area (Å²) in [6.45, 7) is 2.40. The lowest BCUT2D eigenvalue weighted by Gasteiger charge is -2.22. The summed E-state index contributed by atoms with van der Waals surface area (Å²) in [7, 11) is 1.92. The van der Waals surface area contributed by atoms with Gasteiger partial charge in [-0.25, -0.2) is 4.98 Å². The number of fused-ring (bicyclic) bond motifs is 1. The lowest BCUT2D eigenvalue weighted by molar-refractivity contribution is -0.383. The average molecular weight is 332 g/mol. The summed E-state index contributed by atoms with van der Waals surface area (Å²) in [6, 6.07) is 16.4. The summed E-state index contributed by atoms with van der Waals surface area (Å²) in [5, 5.41) is 21.1. The molecular weight excluding hydrogens is 316 g/mol. The highest BCUT2D eigenvalue weighted by Gasteiger charge is 2.17. The molecule has 0 spiro atoms. The molecule has 0 atom stereocenters. The number of anilines is 1. The van der Waals surface area contributed by atoms with Crippen molar-refractivity contribution >= 4 is 22.3 Å². The summed E-state index contributed by atoms with van der Waals surface area (Å²) in [5.41, 5.74) is 3.58. The topological polar surface area (TPSA) is 83.1 Å². The number of hydrogen-bond acceptors (Lipinski definition) is 5. The smallest absolute Gasteiger partial charge is 0.295 e. The maximum Gasteiger partial charge on any atom is 0.295 e. The number of rotatable bonds is 4. The van der Waals surface area contributed by atoms with Crippen LogP contribution in [0.15, 0.2) is 48.5 Å². The van der Waals surface area contributed by atoms with Crippen molar-refractivity contribution < 1.29 is 4.92 Å². The van der Waals surface area contributed by atoms with Crippen LogP contribution in [0.3, 0.4) is 0 Å². The zero-order valence-electron chi connectivity index (χ0n) is 13.9. The van der Waals surface area contributed by atoms with Crippen molar-refractivity contribution in [2.24, 2.45) is 0 Å². The maximum absolute atomic E-state index is 11.3. The molecular formula is C19H16N4O2. The van der Waals surface area contributed by atoms with Crippen molar-refractivity contribution in [3.05, 3.63) is 75.5 Å². The van der Waals surface area contributed by atoms with Crippen LogP contribution in [0.5, 0.6) is 0 Å². The van der Waals surface area contributed by atoms with Gasteiger partial charge in [-0.3, -0.25) is 10.1 Å². The molecule has 0 N–H and O–H groups in total. The van der Waals surface area contributed by atoms with Crippen LogP contribution in [-0.2, 0) is 6.54 Å². The van der Waals surface area contributed by atoms with Gasteiger partial charge in [0.05, 0.1) is 16.6 Å². The second-order valence-electron chi connectivity index (χ2n) is 5.88. The number of benzene rings is 2. The molecule has 0 amide bonds. The third kappa shape index (κ3) is 3.26. The first-order valence-electron chi connectivity index (χ1n) is 7.74. The van der Waals surface area contributed by atoms with E-state index in [2.05, 4.69) is 11.1 Å². The highest BCUT2D eigenvalue weighted by Crippen LogP contribution is 2.32. The number of non-ortho nitro benzene ring substituents is 1. The number of aryl methyl sites for hydroxylation is 1. The molecule has 1 heterocycles. The maximum atomic E-state index is 11.3. The van der Waals surface area contributed by atoms with Crippen molar-refractivity contribution in [1.29, 1.82) is 5.26 Å². The second kappa shape index (κ2) is 6.57. The second-order valence-corrected chi connectivity index (χ2v) is 5.88. The molecule has 0 fully saturated rings. The molecule has 0 bridgehead atoms. The monoisotopic (exact) mass is 332 g/mol. The van der Waals surface area contributed by atoms with E-state index in [0.717, 1.165) is 22.3 Å². The number of nitrogens with zero attached hydrogens (tertiary/aromatic N) is 4. The zero-order chi connectivity index (χ0) is 18.0. The van der Waals surface area contributed by atoms with Gasteiger partial charge < -0.3 is 4.90 Å². The minimum Gasteiger partial charge on any atom is -0.370 e. The molecule has 0 unspecified atom stereocenters. The summed E-state index contributed by atoms with van der Waals surface area (Å²) in [4.78, 5) is 17.3. The van der Waals surface area contributed by atoms with Crippen LogP contribution in [0.1, 0.15) is 16.8 Å². The van der Waals surface area contributed by atoms with Gasteiger partial charge in [0, 0.05) is 36.4 Å². The highest BCUT2D eigenvalue weighted by atomic mass is 16.6. The Morgan fingerprint density at radius 2 is 2.00 bits per heavy atom. The number of aromatic nitrogens is 1. The molecule has 3 aromatic rings. The van der Waals surface area contributed by atoms with Gasteiger partial charge in [0.25, 0.3) is 5.69 Å². The first-order valence-corrected chi connectivity index (χ1v) is 7.74. The Balaban J connectivity index is 2.07. The predicted octanol–water partition coefficient (Wildman–Crippen LogP) is 3.96. The molecule has 0 saturated heterocycles. The van der Waals surface area contributed by atoms with E-state index in [1.807, 2.05) is 49.2 Å². The molecule has 0 saturated carbocycles. The van der Waals surface area contributed by atoms with Crippen molar-refractivity contribution in [1.82, 2.24) is 4.98 Å². The van der Waals surface area contributed by atoms with Crippen LogP contribution in [0.4, 0.5) is 11.4 Å². The zero-order valence-corrected chi connectivity index (χ0v) is 13.9. The van der Waals surface area contributed by atoms with E-state index in [4.69, 9.17) is 5.26 Å². The quantitative estimate of drug-likeness (QED) is 0.533. The molecule has 0 aliphatic heterocycles. The average Bonchev–Trinajstić information content (AvgIpc) is 2.60. The number of nitro benzene ring substituents is 1. The minimum absolute atomic E-state index is 0.00216. The third-order valence-electron chi connectivity index (χ3n) is 4.01. The van der Waals surface area contributed by atoms with Gasteiger partial charge in [-0.15, -0.1) is 0 Å². The fourth-order valence-electron chi connectivity index (χ4n) is 2.90. The SMILES string of the molecule is Cc1cc(N(C)Cc2cccc(C#N)c2)c2cccc([N+](=O)[O-])c2n1. The van der Waals surface area contributed by atoms with Gasteiger partial charge >= 0.3 is 0 Å². The van der Waals surface area contributed by atoms with Crippen molar-refractivity contribution in [2.75, 3.05) is 11.9 Å². The van der Waals surface area contributed by atoms with E-state index in [-0.39, 0.29) is 5.69 Å². The van der Waals surface area contributed by atoms with Crippen LogP contribution in [-0.4, -0.2) is 17.0 Å². The standard InChI is InChI=1S/C19H16N4O2/c1-13-9-18(16-7-4-8-17(23(24)25)19(16)21-13)22(2)12-15-6-3-5-14(10-15)11-20/h3-10H,12H2,1-2H3. The van der Waals surface area contributed by atoms with Crippen molar-refractivity contribution in [3.63, 3.8) is 0 Å². The Morgan fingerprint density at radius 1 is 1.24 bits per heavy atom. The van der Waals surface area contributed by atoms with Crippen LogP contribution < -0.4 is 4.90 Å². The van der Waals surface area contributed by atoms with Crippen LogP contribution in [0.25, 0.3) is 10.9 Å². The number of pyridine rings is 1. The number of nitriles is 1. The minimum atomic E-state index is -0.408. The molecule has 0 aliphatic carbocycles. The van der Waals surface area contributed by atoms with E-state index in [1.54, 1.807) is 12.1 Å². The van der Waals surface area contributed by atoms with Gasteiger partial charge in [-0.05, 0) is 30.7 Å². The molecule has 1 aromatic heterocycles. The first-order chi connectivity index (χ1) is 12.0. The van der Waals surface area contributed by atoms with Crippen LogP contribution in [0, 0.1) is 28.4 Å². The first kappa shape index (κ1) is 16.4. The van der Waals surface area contributed by atoms with Crippen LogP contribution in [0.2, 0.25) is 0 Å². The Kier molecular flexibility index (Phi) is 4.31. The van der Waals surface area contributed by atoms with Gasteiger partial charge in [0.2, 0.25) is 0 Å². The Bertz CT molecular complexity index is 1010. The fourth-order valence-corrected chi connectivity index (χ4v) is 2.90. The Hall–Kier alpha value is -3.46. The van der Waals surface area contributed by atoms with E-state index >= 15 is 0 Å². The fraction of sp³-hybridized carbons (Fsp3) is 0.158. The van der Waals surface area contributed by atoms with Gasteiger partial charge in [-0.1, -0.05) is 24.3 Å².